The Labute approximate surface area is 85.8 Å². The lowest BCUT2D eigenvalue weighted by Crippen LogP contribution is -2.16. The summed E-state index contributed by atoms with van der Waals surface area (Å²) in [6.45, 7) is 7.13. The van der Waals surface area contributed by atoms with Crippen molar-refractivity contribution in [2.45, 2.75) is 46.3 Å². The molecule has 1 rings (SSSR count). The molecule has 0 aliphatic rings. The molecule has 0 saturated heterocycles. The zero-order valence-electron chi connectivity index (χ0n) is 9.27. The van der Waals surface area contributed by atoms with Crippen molar-refractivity contribution < 1.29 is 5.11 Å². The third-order valence-electron chi connectivity index (χ3n) is 2.58. The first-order valence-corrected chi connectivity index (χ1v) is 5.33. The van der Waals surface area contributed by atoms with Crippen molar-refractivity contribution in [2.24, 2.45) is 5.92 Å². The van der Waals surface area contributed by atoms with Crippen molar-refractivity contribution in [1.29, 1.82) is 0 Å². The highest BCUT2D eigenvalue weighted by Crippen LogP contribution is 2.09. The van der Waals surface area contributed by atoms with Crippen LogP contribution in [0, 0.1) is 5.92 Å². The zero-order valence-corrected chi connectivity index (χ0v) is 9.27. The Morgan fingerprint density at radius 2 is 2.21 bits per heavy atom. The van der Waals surface area contributed by atoms with Gasteiger partial charge in [0.15, 0.2) is 0 Å². The molecular formula is C11H20N2O. The van der Waals surface area contributed by atoms with Gasteiger partial charge in [-0.25, -0.2) is 4.98 Å². The molecule has 80 valence electrons. The quantitative estimate of drug-likeness (QED) is 0.780. The van der Waals surface area contributed by atoms with Crippen molar-refractivity contribution in [1.82, 2.24) is 9.55 Å². The van der Waals surface area contributed by atoms with Gasteiger partial charge in [-0.3, -0.25) is 0 Å². The minimum Gasteiger partial charge on any atom is -0.393 e. The lowest BCUT2D eigenvalue weighted by Gasteiger charge is -2.14. The summed E-state index contributed by atoms with van der Waals surface area (Å²) in [6.07, 6.45) is 5.25. The van der Waals surface area contributed by atoms with Crippen LogP contribution in [-0.4, -0.2) is 20.8 Å². The van der Waals surface area contributed by atoms with Gasteiger partial charge in [0.05, 0.1) is 6.10 Å². The summed E-state index contributed by atoms with van der Waals surface area (Å²) >= 11 is 0. The molecule has 1 heterocycles. The van der Waals surface area contributed by atoms with Crippen molar-refractivity contribution in [3.05, 3.63) is 18.2 Å². The van der Waals surface area contributed by atoms with Crippen LogP contribution in [0.2, 0.25) is 0 Å². The van der Waals surface area contributed by atoms with E-state index in [1.165, 1.54) is 0 Å². The highest BCUT2D eigenvalue weighted by atomic mass is 16.3. The molecule has 0 aliphatic carbocycles. The average Bonchev–Trinajstić information content (AvgIpc) is 2.60. The summed E-state index contributed by atoms with van der Waals surface area (Å²) in [7, 11) is 0. The Bertz CT molecular complexity index is 268. The van der Waals surface area contributed by atoms with Gasteiger partial charge in [-0.2, -0.15) is 0 Å². The van der Waals surface area contributed by atoms with E-state index in [-0.39, 0.29) is 6.10 Å². The maximum atomic E-state index is 9.65. The van der Waals surface area contributed by atoms with Gasteiger partial charge >= 0.3 is 0 Å². The molecule has 0 amide bonds. The summed E-state index contributed by atoms with van der Waals surface area (Å²) < 4.78 is 2.12. The Balaban J connectivity index is 2.45. The second-order valence-corrected chi connectivity index (χ2v) is 3.98. The van der Waals surface area contributed by atoms with Gasteiger partial charge in [0.1, 0.15) is 5.82 Å². The molecular weight excluding hydrogens is 176 g/mol. The zero-order chi connectivity index (χ0) is 10.6. The lowest BCUT2D eigenvalue weighted by atomic mass is 10.0. The minimum atomic E-state index is -0.211. The van der Waals surface area contributed by atoms with E-state index in [0.29, 0.717) is 5.92 Å². The van der Waals surface area contributed by atoms with Gasteiger partial charge < -0.3 is 9.67 Å². The summed E-state index contributed by atoms with van der Waals surface area (Å²) in [4.78, 5) is 4.27. The largest absolute Gasteiger partial charge is 0.393 e. The van der Waals surface area contributed by atoms with Gasteiger partial charge in [-0.05, 0) is 19.3 Å². The van der Waals surface area contributed by atoms with E-state index in [0.717, 1.165) is 25.2 Å². The fraction of sp³-hybridized carbons (Fsp3) is 0.727. The van der Waals surface area contributed by atoms with Crippen molar-refractivity contribution >= 4 is 0 Å². The third kappa shape index (κ3) is 2.84. The van der Waals surface area contributed by atoms with Crippen molar-refractivity contribution in [2.75, 3.05) is 0 Å². The fourth-order valence-corrected chi connectivity index (χ4v) is 1.47. The SMILES string of the molecule is CCn1ccnc1CCC(O)C(C)C. The summed E-state index contributed by atoms with van der Waals surface area (Å²) in [5, 5.41) is 9.65. The van der Waals surface area contributed by atoms with Gasteiger partial charge in [-0.1, -0.05) is 13.8 Å². The van der Waals surface area contributed by atoms with Crippen LogP contribution in [0.3, 0.4) is 0 Å². The number of imidazole rings is 1. The molecule has 1 atom stereocenters. The van der Waals surface area contributed by atoms with E-state index in [1.807, 2.05) is 26.2 Å². The molecule has 0 aromatic carbocycles. The lowest BCUT2D eigenvalue weighted by molar-refractivity contribution is 0.116. The van der Waals surface area contributed by atoms with Crippen LogP contribution in [0.5, 0.6) is 0 Å². The van der Waals surface area contributed by atoms with E-state index in [1.54, 1.807) is 0 Å². The molecule has 14 heavy (non-hydrogen) atoms. The first kappa shape index (κ1) is 11.2. The van der Waals surface area contributed by atoms with Gasteiger partial charge in [0.25, 0.3) is 0 Å². The molecule has 3 heteroatoms. The number of aliphatic hydroxyl groups is 1. The number of hydrogen-bond donors (Lipinski definition) is 1. The number of nitrogens with zero attached hydrogens (tertiary/aromatic N) is 2. The summed E-state index contributed by atoms with van der Waals surface area (Å²) in [6, 6.07) is 0. The molecule has 0 saturated carbocycles. The molecule has 1 unspecified atom stereocenters. The van der Waals surface area contributed by atoms with Crippen LogP contribution in [-0.2, 0) is 13.0 Å². The van der Waals surface area contributed by atoms with Crippen LogP contribution in [0.1, 0.15) is 33.0 Å². The number of aliphatic hydroxyl groups excluding tert-OH is 1. The number of aryl methyl sites for hydroxylation is 2. The molecule has 1 N–H and O–H groups in total. The van der Waals surface area contributed by atoms with Crippen molar-refractivity contribution in [3.8, 4) is 0 Å². The highest BCUT2D eigenvalue weighted by molar-refractivity contribution is 4.92. The Kier molecular flexibility index (Phi) is 4.14. The molecule has 3 nitrogen and oxygen atoms in total. The Morgan fingerprint density at radius 3 is 2.79 bits per heavy atom. The number of rotatable bonds is 5. The molecule has 0 bridgehead atoms. The molecule has 0 fully saturated rings. The monoisotopic (exact) mass is 196 g/mol. The molecule has 0 spiro atoms. The minimum absolute atomic E-state index is 0.211. The maximum absolute atomic E-state index is 9.65. The smallest absolute Gasteiger partial charge is 0.108 e. The summed E-state index contributed by atoms with van der Waals surface area (Å²) in [5.74, 6) is 1.41. The van der Waals surface area contributed by atoms with E-state index >= 15 is 0 Å². The number of hydrogen-bond acceptors (Lipinski definition) is 2. The van der Waals surface area contributed by atoms with Crippen LogP contribution in [0.25, 0.3) is 0 Å². The molecule has 0 radical (unpaired) electrons. The molecule has 1 aromatic rings. The van der Waals surface area contributed by atoms with Crippen molar-refractivity contribution in [3.63, 3.8) is 0 Å². The molecule has 1 aromatic heterocycles. The maximum Gasteiger partial charge on any atom is 0.108 e. The van der Waals surface area contributed by atoms with Gasteiger partial charge in [0, 0.05) is 25.4 Å². The summed E-state index contributed by atoms with van der Waals surface area (Å²) in [5.41, 5.74) is 0. The Hall–Kier alpha value is -0.830. The van der Waals surface area contributed by atoms with Crippen LogP contribution < -0.4 is 0 Å². The normalized spacial score (nSPS) is 13.5. The second-order valence-electron chi connectivity index (χ2n) is 3.98. The van der Waals surface area contributed by atoms with E-state index in [9.17, 15) is 5.11 Å². The van der Waals surface area contributed by atoms with E-state index in [2.05, 4.69) is 16.5 Å². The van der Waals surface area contributed by atoms with Gasteiger partial charge in [-0.15, -0.1) is 0 Å². The van der Waals surface area contributed by atoms with Crippen LogP contribution in [0.15, 0.2) is 12.4 Å². The number of aromatic nitrogens is 2. The standard InChI is InChI=1S/C11H20N2O/c1-4-13-8-7-12-11(13)6-5-10(14)9(2)3/h7-10,14H,4-6H2,1-3H3. The average molecular weight is 196 g/mol. The van der Waals surface area contributed by atoms with Crippen LogP contribution >= 0.6 is 0 Å². The van der Waals surface area contributed by atoms with E-state index < -0.39 is 0 Å². The van der Waals surface area contributed by atoms with E-state index in [4.69, 9.17) is 0 Å². The highest BCUT2D eigenvalue weighted by Gasteiger charge is 2.10. The Morgan fingerprint density at radius 1 is 1.50 bits per heavy atom. The second kappa shape index (κ2) is 5.15. The third-order valence-corrected chi connectivity index (χ3v) is 2.58. The first-order chi connectivity index (χ1) is 6.65. The predicted molar refractivity (Wildman–Crippen MR) is 57.1 cm³/mol. The first-order valence-electron chi connectivity index (χ1n) is 5.33. The molecule has 0 aliphatic heterocycles. The topological polar surface area (TPSA) is 38.0 Å². The predicted octanol–water partition coefficient (Wildman–Crippen LogP) is 1.85. The van der Waals surface area contributed by atoms with Crippen LogP contribution in [0.4, 0.5) is 0 Å². The fourth-order valence-electron chi connectivity index (χ4n) is 1.47. The van der Waals surface area contributed by atoms with Gasteiger partial charge in [0.2, 0.25) is 0 Å².